The summed E-state index contributed by atoms with van der Waals surface area (Å²) in [6, 6.07) is 7.04. The van der Waals surface area contributed by atoms with E-state index in [2.05, 4.69) is 4.74 Å². The van der Waals surface area contributed by atoms with Crippen molar-refractivity contribution in [3.8, 4) is 11.5 Å². The number of hydrogen-bond donors (Lipinski definition) is 2. The molecule has 0 heterocycles. The van der Waals surface area contributed by atoms with Gasteiger partial charge in [-0.3, -0.25) is 0 Å². The van der Waals surface area contributed by atoms with Gasteiger partial charge in [0.05, 0.1) is 11.7 Å². The van der Waals surface area contributed by atoms with Crippen LogP contribution in [0.25, 0.3) is 0 Å². The van der Waals surface area contributed by atoms with Crippen molar-refractivity contribution >= 4 is 5.69 Å². The summed E-state index contributed by atoms with van der Waals surface area (Å²) in [7, 11) is 1.13. The van der Waals surface area contributed by atoms with Crippen molar-refractivity contribution in [3.63, 3.8) is 0 Å². The average molecular weight is 427 g/mol. The Hall–Kier alpha value is -2.69. The second-order valence-corrected chi connectivity index (χ2v) is 6.07. The van der Waals surface area contributed by atoms with Crippen LogP contribution < -0.4 is 9.64 Å². The van der Waals surface area contributed by atoms with Crippen LogP contribution in [-0.2, 0) is 0 Å². The Morgan fingerprint density at radius 2 is 1.59 bits per heavy atom. The molecule has 0 aliphatic carbocycles. The Morgan fingerprint density at radius 1 is 0.966 bits per heavy atom. The third-order valence-corrected chi connectivity index (χ3v) is 4.02. The molecule has 0 spiro atoms. The molecule has 11 heteroatoms. The van der Waals surface area contributed by atoms with Gasteiger partial charge in [-0.05, 0) is 29.8 Å². The van der Waals surface area contributed by atoms with E-state index in [4.69, 9.17) is 0 Å². The maximum atomic E-state index is 13.2. The smallest absolute Gasteiger partial charge is 0.461 e. The molecule has 0 bridgehead atoms. The number of phenols is 1. The van der Waals surface area contributed by atoms with Gasteiger partial charge in [-0.2, -0.15) is 30.7 Å². The summed E-state index contributed by atoms with van der Waals surface area (Å²) >= 11 is 0. The maximum absolute atomic E-state index is 13.2. The molecule has 2 aromatic rings. The predicted octanol–water partition coefficient (Wildman–Crippen LogP) is 4.73. The zero-order chi connectivity index (χ0) is 22.0. The number of nitrogens with zero attached hydrogens (tertiary/aromatic N) is 1. The Morgan fingerprint density at radius 3 is 2.14 bits per heavy atom. The largest absolute Gasteiger partial charge is 0.506 e. The number of benzene rings is 2. The van der Waals surface area contributed by atoms with Gasteiger partial charge in [-0.25, -0.2) is 0 Å². The van der Waals surface area contributed by atoms with E-state index < -0.39 is 42.4 Å². The number of ether oxygens (including phenoxy) is 1. The summed E-state index contributed by atoms with van der Waals surface area (Å²) in [6.45, 7) is 0. The van der Waals surface area contributed by atoms with Crippen LogP contribution in [0.2, 0.25) is 0 Å². The fraction of sp³-hybridized carbons (Fsp3) is 0.333. The van der Waals surface area contributed by atoms with Crippen molar-refractivity contribution in [1.29, 1.82) is 0 Å². The maximum Gasteiger partial charge on any atom is 0.461 e. The number of rotatable bonds is 7. The summed E-state index contributed by atoms with van der Waals surface area (Å²) in [5.74, 6) is -1.22. The number of aromatic hydroxyl groups is 1. The van der Waals surface area contributed by atoms with E-state index in [9.17, 15) is 40.9 Å². The van der Waals surface area contributed by atoms with Gasteiger partial charge >= 0.3 is 18.7 Å². The normalized spacial score (nSPS) is 14.6. The standard InChI is InChI=1S/C18H16F7NO3/c1-26(12-7-2-3-8-13(12)27)14(15(28)17(21,22)23)10-5-4-6-11(9-10)29-18(24,25)16(19)20/h2-9,14-16,27-28H,1H3. The van der Waals surface area contributed by atoms with Crippen LogP contribution in [-0.4, -0.2) is 42.1 Å². The number of alkyl halides is 7. The van der Waals surface area contributed by atoms with E-state index in [0.29, 0.717) is 6.07 Å². The van der Waals surface area contributed by atoms with Crippen LogP contribution in [0.15, 0.2) is 48.5 Å². The van der Waals surface area contributed by atoms with E-state index in [0.717, 1.165) is 30.1 Å². The van der Waals surface area contributed by atoms with Gasteiger partial charge in [-0.15, -0.1) is 0 Å². The van der Waals surface area contributed by atoms with Gasteiger partial charge in [0.25, 0.3) is 0 Å². The van der Waals surface area contributed by atoms with Crippen LogP contribution in [0.1, 0.15) is 11.6 Å². The van der Waals surface area contributed by atoms with Crippen molar-refractivity contribution in [3.05, 3.63) is 54.1 Å². The topological polar surface area (TPSA) is 52.9 Å². The van der Waals surface area contributed by atoms with Gasteiger partial charge in [0.2, 0.25) is 0 Å². The molecule has 2 N–H and O–H groups in total. The quantitative estimate of drug-likeness (QED) is 0.628. The minimum absolute atomic E-state index is 0.0926. The van der Waals surface area contributed by atoms with Crippen LogP contribution in [0.3, 0.4) is 0 Å². The highest BCUT2D eigenvalue weighted by atomic mass is 19.4. The minimum Gasteiger partial charge on any atom is -0.506 e. The fourth-order valence-electron chi connectivity index (χ4n) is 2.67. The van der Waals surface area contributed by atoms with Gasteiger partial charge in [0.15, 0.2) is 6.10 Å². The zero-order valence-corrected chi connectivity index (χ0v) is 14.7. The first-order valence-electron chi connectivity index (χ1n) is 8.05. The molecule has 29 heavy (non-hydrogen) atoms. The lowest BCUT2D eigenvalue weighted by molar-refractivity contribution is -0.253. The molecule has 0 saturated carbocycles. The fourth-order valence-corrected chi connectivity index (χ4v) is 2.67. The summed E-state index contributed by atoms with van der Waals surface area (Å²) in [6.07, 6.45) is -17.1. The number of para-hydroxylation sites is 2. The van der Waals surface area contributed by atoms with Gasteiger partial charge in [0, 0.05) is 7.05 Å². The Kier molecular flexibility index (Phi) is 6.51. The lowest BCUT2D eigenvalue weighted by atomic mass is 9.98. The molecule has 0 aromatic heterocycles. The second kappa shape index (κ2) is 8.36. The van der Waals surface area contributed by atoms with E-state index >= 15 is 0 Å². The number of aliphatic hydroxyl groups excluding tert-OH is 1. The highest BCUT2D eigenvalue weighted by Gasteiger charge is 2.47. The number of halogens is 7. The van der Waals surface area contributed by atoms with Gasteiger partial charge in [0.1, 0.15) is 11.5 Å². The Bertz CT molecular complexity index is 829. The number of likely N-dealkylation sites (N-methyl/N-ethyl adjacent to an activating group) is 1. The molecule has 0 fully saturated rings. The third-order valence-electron chi connectivity index (χ3n) is 4.02. The highest BCUT2D eigenvalue weighted by Crippen LogP contribution is 2.40. The molecule has 2 aromatic carbocycles. The Balaban J connectivity index is 2.50. The average Bonchev–Trinajstić information content (AvgIpc) is 2.61. The van der Waals surface area contributed by atoms with Crippen LogP contribution in [0.5, 0.6) is 11.5 Å². The molecule has 2 atom stereocenters. The molecule has 2 unspecified atom stereocenters. The molecule has 2 rings (SSSR count). The van der Waals surface area contributed by atoms with E-state index in [-0.39, 0.29) is 11.3 Å². The lowest BCUT2D eigenvalue weighted by Gasteiger charge is -2.35. The lowest BCUT2D eigenvalue weighted by Crippen LogP contribution is -2.42. The summed E-state index contributed by atoms with van der Waals surface area (Å²) in [5.41, 5.74) is -0.451. The Labute approximate surface area is 160 Å². The zero-order valence-electron chi connectivity index (χ0n) is 14.7. The molecule has 0 saturated heterocycles. The van der Waals surface area contributed by atoms with Crippen LogP contribution in [0, 0.1) is 0 Å². The first-order valence-corrected chi connectivity index (χ1v) is 8.05. The van der Waals surface area contributed by atoms with Crippen molar-refractivity contribution in [2.24, 2.45) is 0 Å². The van der Waals surface area contributed by atoms with Gasteiger partial charge in [-0.1, -0.05) is 24.3 Å². The van der Waals surface area contributed by atoms with Gasteiger partial charge < -0.3 is 19.8 Å². The molecule has 0 radical (unpaired) electrons. The second-order valence-electron chi connectivity index (χ2n) is 6.07. The SMILES string of the molecule is CN(c1ccccc1O)C(c1cccc(OC(F)(F)C(F)F)c1)C(O)C(F)(F)F. The third kappa shape index (κ3) is 5.22. The molecule has 4 nitrogen and oxygen atoms in total. The predicted molar refractivity (Wildman–Crippen MR) is 89.3 cm³/mol. The van der Waals surface area contributed by atoms with Crippen molar-refractivity contribution in [1.82, 2.24) is 0 Å². The van der Waals surface area contributed by atoms with Crippen LogP contribution in [0.4, 0.5) is 36.4 Å². The number of phenolic OH excluding ortho intramolecular Hbond substituents is 1. The number of hydrogen-bond acceptors (Lipinski definition) is 4. The number of aliphatic hydroxyl groups is 1. The molecular formula is C18H16F7NO3. The van der Waals surface area contributed by atoms with Crippen molar-refractivity contribution in [2.45, 2.75) is 30.9 Å². The van der Waals surface area contributed by atoms with E-state index in [1.807, 2.05) is 0 Å². The molecule has 0 aliphatic rings. The molecule has 0 aliphatic heterocycles. The summed E-state index contributed by atoms with van der Waals surface area (Å²) < 4.78 is 94.6. The molecule has 160 valence electrons. The first-order chi connectivity index (χ1) is 13.3. The van der Waals surface area contributed by atoms with E-state index in [1.54, 1.807) is 0 Å². The monoisotopic (exact) mass is 427 g/mol. The molecular weight excluding hydrogens is 411 g/mol. The summed E-state index contributed by atoms with van der Waals surface area (Å²) in [5, 5.41) is 19.8. The van der Waals surface area contributed by atoms with Crippen molar-refractivity contribution in [2.75, 3.05) is 11.9 Å². The first kappa shape index (κ1) is 22.6. The highest BCUT2D eigenvalue weighted by molar-refractivity contribution is 5.59. The summed E-state index contributed by atoms with van der Waals surface area (Å²) in [4.78, 5) is 0.887. The minimum atomic E-state index is -5.12. The molecule has 0 amide bonds. The van der Waals surface area contributed by atoms with E-state index in [1.165, 1.54) is 24.3 Å². The number of anilines is 1. The van der Waals surface area contributed by atoms with Crippen LogP contribution >= 0.6 is 0 Å². The van der Waals surface area contributed by atoms with Crippen molar-refractivity contribution < 1.29 is 45.7 Å².